The van der Waals surface area contributed by atoms with Crippen molar-refractivity contribution < 1.29 is 9.53 Å². The van der Waals surface area contributed by atoms with E-state index in [2.05, 4.69) is 5.32 Å². The Hall–Kier alpha value is -2.08. The summed E-state index contributed by atoms with van der Waals surface area (Å²) in [6.45, 7) is 2.61. The van der Waals surface area contributed by atoms with Crippen LogP contribution in [0.15, 0.2) is 29.1 Å². The molecule has 2 aromatic rings. The second-order valence-corrected chi connectivity index (χ2v) is 6.12. The van der Waals surface area contributed by atoms with Gasteiger partial charge in [-0.25, -0.2) is 4.79 Å². The first-order valence-corrected chi connectivity index (χ1v) is 8.15. The van der Waals surface area contributed by atoms with Gasteiger partial charge in [-0.05, 0) is 30.9 Å². The van der Waals surface area contributed by atoms with Crippen molar-refractivity contribution in [3.8, 4) is 0 Å². The van der Waals surface area contributed by atoms with Crippen molar-refractivity contribution in [2.45, 2.75) is 25.8 Å². The molecule has 1 atom stereocenters. The van der Waals surface area contributed by atoms with Crippen molar-refractivity contribution in [2.24, 2.45) is 13.0 Å². The molecule has 1 aliphatic rings. The summed E-state index contributed by atoms with van der Waals surface area (Å²) < 4.78 is 8.69. The highest BCUT2D eigenvalue weighted by atomic mass is 16.5. The van der Waals surface area contributed by atoms with Gasteiger partial charge in [0, 0.05) is 33.2 Å². The molecule has 0 saturated carbocycles. The largest absolute Gasteiger partial charge is 0.381 e. The Morgan fingerprint density at radius 3 is 2.87 bits per heavy atom. The number of aryl methyl sites for hydroxylation is 2. The van der Waals surface area contributed by atoms with E-state index in [0.717, 1.165) is 37.1 Å². The van der Waals surface area contributed by atoms with Crippen LogP contribution < -0.4 is 11.0 Å². The summed E-state index contributed by atoms with van der Waals surface area (Å²) in [6.07, 6.45) is 2.47. The van der Waals surface area contributed by atoms with E-state index in [4.69, 9.17) is 4.74 Å². The number of carbonyl (C=O) groups is 1. The van der Waals surface area contributed by atoms with E-state index in [1.807, 2.05) is 24.3 Å². The second kappa shape index (κ2) is 7.00. The molecule has 6 nitrogen and oxygen atoms in total. The smallest absolute Gasteiger partial charge is 0.328 e. The summed E-state index contributed by atoms with van der Waals surface area (Å²) in [4.78, 5) is 24.3. The number of aromatic nitrogens is 2. The molecule has 6 heteroatoms. The number of para-hydroxylation sites is 2. The molecule has 3 rings (SSSR count). The van der Waals surface area contributed by atoms with Gasteiger partial charge in [0.05, 0.1) is 17.6 Å². The fourth-order valence-electron chi connectivity index (χ4n) is 3.11. The van der Waals surface area contributed by atoms with Gasteiger partial charge in [0.2, 0.25) is 5.91 Å². The van der Waals surface area contributed by atoms with Crippen LogP contribution in [0, 0.1) is 5.92 Å². The van der Waals surface area contributed by atoms with Crippen LogP contribution in [0.25, 0.3) is 11.0 Å². The van der Waals surface area contributed by atoms with Crippen molar-refractivity contribution in [3.63, 3.8) is 0 Å². The number of benzene rings is 1. The molecule has 1 N–H and O–H groups in total. The number of carbonyl (C=O) groups excluding carboxylic acids is 1. The van der Waals surface area contributed by atoms with Gasteiger partial charge in [-0.2, -0.15) is 0 Å². The molecule has 0 aliphatic carbocycles. The minimum absolute atomic E-state index is 0.0181. The third-order valence-corrected chi connectivity index (χ3v) is 4.46. The molecule has 23 heavy (non-hydrogen) atoms. The molecule has 0 unspecified atom stereocenters. The van der Waals surface area contributed by atoms with Crippen LogP contribution in [-0.4, -0.2) is 34.8 Å². The third-order valence-electron chi connectivity index (χ3n) is 4.46. The Bertz CT molecular complexity index is 741. The minimum Gasteiger partial charge on any atom is -0.381 e. The summed E-state index contributed by atoms with van der Waals surface area (Å²) in [6, 6.07) is 7.64. The highest BCUT2D eigenvalue weighted by molar-refractivity contribution is 5.77. The van der Waals surface area contributed by atoms with E-state index in [0.29, 0.717) is 25.4 Å². The van der Waals surface area contributed by atoms with Gasteiger partial charge < -0.3 is 10.1 Å². The summed E-state index contributed by atoms with van der Waals surface area (Å²) in [5.74, 6) is 0.392. The Morgan fingerprint density at radius 1 is 1.35 bits per heavy atom. The second-order valence-electron chi connectivity index (χ2n) is 6.12. The summed E-state index contributed by atoms with van der Waals surface area (Å²) in [7, 11) is 1.75. The van der Waals surface area contributed by atoms with E-state index in [1.54, 1.807) is 16.2 Å². The van der Waals surface area contributed by atoms with E-state index >= 15 is 0 Å². The van der Waals surface area contributed by atoms with E-state index in [1.165, 1.54) is 0 Å². The van der Waals surface area contributed by atoms with Crippen LogP contribution in [0.5, 0.6) is 0 Å². The van der Waals surface area contributed by atoms with Crippen LogP contribution in [-0.2, 0) is 23.1 Å². The first-order valence-electron chi connectivity index (χ1n) is 8.15. The van der Waals surface area contributed by atoms with Gasteiger partial charge in [0.25, 0.3) is 0 Å². The lowest BCUT2D eigenvalue weighted by atomic mass is 10.0. The fourth-order valence-corrected chi connectivity index (χ4v) is 3.11. The fraction of sp³-hybridized carbons (Fsp3) is 0.529. The minimum atomic E-state index is -0.0836. The highest BCUT2D eigenvalue weighted by Crippen LogP contribution is 2.13. The first-order chi connectivity index (χ1) is 11.2. The predicted molar refractivity (Wildman–Crippen MR) is 88.3 cm³/mol. The molecule has 1 aromatic carbocycles. The van der Waals surface area contributed by atoms with E-state index in [9.17, 15) is 9.59 Å². The van der Waals surface area contributed by atoms with Crippen LogP contribution >= 0.6 is 0 Å². The molecule has 1 aliphatic heterocycles. The lowest BCUT2D eigenvalue weighted by Crippen LogP contribution is -2.34. The summed E-state index contributed by atoms with van der Waals surface area (Å²) in [5, 5.41) is 2.96. The monoisotopic (exact) mass is 317 g/mol. The average Bonchev–Trinajstić information content (AvgIpc) is 2.83. The average molecular weight is 317 g/mol. The number of nitrogens with one attached hydrogen (secondary N) is 1. The normalized spacial score (nSPS) is 18.2. The molecule has 1 aromatic heterocycles. The topological polar surface area (TPSA) is 65.3 Å². The number of fused-ring (bicyclic) bond motifs is 1. The number of amides is 1. The Kier molecular flexibility index (Phi) is 4.81. The molecular formula is C17H23N3O3. The lowest BCUT2D eigenvalue weighted by molar-refractivity contribution is -0.121. The zero-order chi connectivity index (χ0) is 16.2. The maximum absolute atomic E-state index is 12.3. The van der Waals surface area contributed by atoms with Gasteiger partial charge in [0.15, 0.2) is 0 Å². The van der Waals surface area contributed by atoms with Gasteiger partial charge in [-0.15, -0.1) is 0 Å². The molecule has 2 heterocycles. The van der Waals surface area contributed by atoms with Crippen LogP contribution in [0.3, 0.4) is 0 Å². The zero-order valence-electron chi connectivity index (χ0n) is 13.5. The zero-order valence-corrected chi connectivity index (χ0v) is 13.5. The van der Waals surface area contributed by atoms with Gasteiger partial charge in [-0.1, -0.05) is 12.1 Å². The van der Waals surface area contributed by atoms with Crippen molar-refractivity contribution in [2.75, 3.05) is 19.8 Å². The lowest BCUT2D eigenvalue weighted by Gasteiger charge is -2.22. The molecule has 1 amide bonds. The third kappa shape index (κ3) is 3.47. The number of ether oxygens (including phenoxy) is 1. The van der Waals surface area contributed by atoms with Crippen molar-refractivity contribution >= 4 is 16.9 Å². The van der Waals surface area contributed by atoms with Gasteiger partial charge in [-0.3, -0.25) is 13.9 Å². The molecule has 0 spiro atoms. The molecule has 0 bridgehead atoms. The van der Waals surface area contributed by atoms with Crippen LogP contribution in [0.1, 0.15) is 19.3 Å². The van der Waals surface area contributed by atoms with Crippen molar-refractivity contribution in [1.29, 1.82) is 0 Å². The maximum Gasteiger partial charge on any atom is 0.328 e. The van der Waals surface area contributed by atoms with Crippen molar-refractivity contribution in [1.82, 2.24) is 14.5 Å². The number of nitrogens with zero attached hydrogens (tertiary/aromatic N) is 2. The number of rotatable bonds is 5. The molecule has 1 saturated heterocycles. The van der Waals surface area contributed by atoms with Crippen LogP contribution in [0.2, 0.25) is 0 Å². The Labute approximate surface area is 135 Å². The Morgan fingerprint density at radius 2 is 2.13 bits per heavy atom. The van der Waals surface area contributed by atoms with E-state index in [-0.39, 0.29) is 11.6 Å². The Balaban J connectivity index is 1.59. The van der Waals surface area contributed by atoms with Gasteiger partial charge in [0.1, 0.15) is 0 Å². The number of hydrogen-bond acceptors (Lipinski definition) is 3. The SMILES string of the molecule is Cn1c(=O)n(CCC(=O)NC[C@@H]2CCCOC2)c2ccccc21. The predicted octanol–water partition coefficient (Wildman–Crippen LogP) is 1.27. The molecule has 0 radical (unpaired) electrons. The summed E-state index contributed by atoms with van der Waals surface area (Å²) >= 11 is 0. The number of hydrogen-bond donors (Lipinski definition) is 1. The van der Waals surface area contributed by atoms with E-state index < -0.39 is 0 Å². The number of imidazole rings is 1. The van der Waals surface area contributed by atoms with Gasteiger partial charge >= 0.3 is 5.69 Å². The van der Waals surface area contributed by atoms with Crippen molar-refractivity contribution in [3.05, 3.63) is 34.7 Å². The highest BCUT2D eigenvalue weighted by Gasteiger charge is 2.15. The first kappa shape index (κ1) is 15.8. The molecule has 124 valence electrons. The standard InChI is InChI=1S/C17H23N3O3/c1-19-14-6-2-3-7-15(14)20(17(19)22)9-8-16(21)18-11-13-5-4-10-23-12-13/h2-3,6-7,13H,4-5,8-12H2,1H3,(H,18,21)/t13-/m0/s1. The summed E-state index contributed by atoms with van der Waals surface area (Å²) in [5.41, 5.74) is 1.67. The molecule has 1 fully saturated rings. The van der Waals surface area contributed by atoms with Crippen LogP contribution in [0.4, 0.5) is 0 Å². The molecular weight excluding hydrogens is 294 g/mol. The quantitative estimate of drug-likeness (QED) is 0.903. The maximum atomic E-state index is 12.3.